The van der Waals surface area contributed by atoms with Gasteiger partial charge in [0.15, 0.2) is 0 Å². The maximum absolute atomic E-state index is 11.8. The molecule has 1 aromatic heterocycles. The smallest absolute Gasteiger partial charge is 0.337 e. The number of benzene rings is 1. The third-order valence-electron chi connectivity index (χ3n) is 2.38. The van der Waals surface area contributed by atoms with Crippen molar-refractivity contribution in [3.05, 3.63) is 41.0 Å². The molecule has 2 N–H and O–H groups in total. The number of carbonyl (C=O) groups is 2. The Morgan fingerprint density at radius 2 is 2.05 bits per heavy atom. The number of carbonyl (C=O) groups excluding carboxylic acids is 1. The molecule has 2 rings (SSSR count). The molecule has 0 saturated carbocycles. The number of hydrogen-bond acceptors (Lipinski definition) is 5. The highest BCUT2D eigenvalue weighted by Crippen LogP contribution is 2.18. The topological polar surface area (TPSA) is 105 Å². The first-order valence-electron chi connectivity index (χ1n) is 5.43. The first-order chi connectivity index (χ1) is 8.97. The van der Waals surface area contributed by atoms with Gasteiger partial charge in [-0.1, -0.05) is 16.8 Å². The minimum Gasteiger partial charge on any atom is -0.478 e. The molecule has 1 aromatic carbocycles. The second-order valence-electron chi connectivity index (χ2n) is 3.95. The number of nitrogens with one attached hydrogen (secondary N) is 1. The Hall–Kier alpha value is -2.70. The van der Waals surface area contributed by atoms with Crippen LogP contribution in [0.3, 0.4) is 0 Å². The van der Waals surface area contributed by atoms with E-state index in [4.69, 9.17) is 5.11 Å². The zero-order chi connectivity index (χ0) is 14.0. The molecule has 0 unspecified atom stereocenters. The third-order valence-corrected chi connectivity index (χ3v) is 2.38. The number of aromatic carboxylic acids is 1. The molecule has 2 aromatic rings. The van der Waals surface area contributed by atoms with Crippen LogP contribution in [0.2, 0.25) is 0 Å². The van der Waals surface area contributed by atoms with Crippen molar-refractivity contribution in [3.63, 3.8) is 0 Å². The van der Waals surface area contributed by atoms with E-state index in [1.54, 1.807) is 19.9 Å². The van der Waals surface area contributed by atoms with Crippen molar-refractivity contribution in [1.82, 2.24) is 10.1 Å². The van der Waals surface area contributed by atoms with Gasteiger partial charge in [-0.15, -0.1) is 0 Å². The highest BCUT2D eigenvalue weighted by atomic mass is 16.5. The van der Waals surface area contributed by atoms with Crippen molar-refractivity contribution in [3.8, 4) is 0 Å². The predicted molar refractivity (Wildman–Crippen MR) is 65.1 cm³/mol. The van der Waals surface area contributed by atoms with Gasteiger partial charge in [-0.2, -0.15) is 4.98 Å². The molecule has 1 heterocycles. The van der Waals surface area contributed by atoms with E-state index in [2.05, 4.69) is 20.0 Å². The van der Waals surface area contributed by atoms with E-state index in [0.717, 1.165) is 5.56 Å². The lowest BCUT2D eigenvalue weighted by Gasteiger charge is -2.07. The van der Waals surface area contributed by atoms with Gasteiger partial charge in [0, 0.05) is 6.92 Å². The Balaban J connectivity index is 2.28. The Labute approximate surface area is 108 Å². The summed E-state index contributed by atoms with van der Waals surface area (Å²) in [6, 6.07) is 4.69. The van der Waals surface area contributed by atoms with Crippen molar-refractivity contribution in [1.29, 1.82) is 0 Å². The number of nitrogens with zero attached hydrogens (tertiary/aromatic N) is 2. The molecule has 0 fully saturated rings. The van der Waals surface area contributed by atoms with Gasteiger partial charge in [-0.3, -0.25) is 4.79 Å². The number of carboxylic acid groups (broad SMARTS) is 1. The maximum atomic E-state index is 11.8. The fraction of sp³-hybridized carbons (Fsp3) is 0.167. The molecular formula is C12H11N3O4. The molecular weight excluding hydrogens is 250 g/mol. The van der Waals surface area contributed by atoms with Crippen molar-refractivity contribution in [2.45, 2.75) is 13.8 Å². The highest BCUT2D eigenvalue weighted by Gasteiger charge is 2.17. The molecule has 98 valence electrons. The summed E-state index contributed by atoms with van der Waals surface area (Å²) in [5.41, 5.74) is 0.977. The van der Waals surface area contributed by atoms with Crippen LogP contribution in [0.15, 0.2) is 22.7 Å². The number of hydrogen-bond donors (Lipinski definition) is 2. The first-order valence-corrected chi connectivity index (χ1v) is 5.43. The Bertz CT molecular complexity index is 648. The van der Waals surface area contributed by atoms with Gasteiger partial charge < -0.3 is 14.9 Å². The predicted octanol–water partition coefficient (Wildman–Crippen LogP) is 1.64. The molecule has 0 aliphatic heterocycles. The SMILES string of the molecule is Cc1ccc(NC(=O)c2noc(C)n2)c(C(=O)O)c1. The summed E-state index contributed by atoms with van der Waals surface area (Å²) in [5, 5.41) is 15.0. The molecule has 0 aliphatic rings. The van der Waals surface area contributed by atoms with E-state index in [9.17, 15) is 9.59 Å². The lowest BCUT2D eigenvalue weighted by atomic mass is 10.1. The van der Waals surface area contributed by atoms with E-state index in [0.29, 0.717) is 0 Å². The van der Waals surface area contributed by atoms with Gasteiger partial charge in [0.2, 0.25) is 5.89 Å². The minimum absolute atomic E-state index is 0.00793. The van der Waals surface area contributed by atoms with E-state index >= 15 is 0 Å². The number of amides is 1. The number of carboxylic acids is 1. The molecule has 0 saturated heterocycles. The van der Waals surface area contributed by atoms with Crippen LogP contribution < -0.4 is 5.32 Å². The first kappa shape index (κ1) is 12.7. The molecule has 0 radical (unpaired) electrons. The van der Waals surface area contributed by atoms with Gasteiger partial charge in [0.05, 0.1) is 11.3 Å². The van der Waals surface area contributed by atoms with Crippen LogP contribution >= 0.6 is 0 Å². The average Bonchev–Trinajstić information content (AvgIpc) is 2.78. The molecule has 19 heavy (non-hydrogen) atoms. The fourth-order valence-electron chi connectivity index (χ4n) is 1.51. The van der Waals surface area contributed by atoms with Crippen LogP contribution in [-0.4, -0.2) is 27.1 Å². The third kappa shape index (κ3) is 2.76. The average molecular weight is 261 g/mol. The molecule has 1 amide bonds. The summed E-state index contributed by atoms with van der Waals surface area (Å²) in [6.07, 6.45) is 0. The maximum Gasteiger partial charge on any atom is 0.337 e. The Morgan fingerprint density at radius 3 is 2.63 bits per heavy atom. The summed E-state index contributed by atoms with van der Waals surface area (Å²) in [4.78, 5) is 26.7. The second kappa shape index (κ2) is 4.89. The van der Waals surface area contributed by atoms with Crippen LogP contribution in [0.25, 0.3) is 0 Å². The van der Waals surface area contributed by atoms with Crippen LogP contribution in [-0.2, 0) is 0 Å². The molecule has 7 heteroatoms. The normalized spacial score (nSPS) is 10.2. The summed E-state index contributed by atoms with van der Waals surface area (Å²) < 4.78 is 4.68. The van der Waals surface area contributed by atoms with Gasteiger partial charge in [0.1, 0.15) is 0 Å². The Morgan fingerprint density at radius 1 is 1.32 bits per heavy atom. The van der Waals surface area contributed by atoms with Crippen molar-refractivity contribution in [2.75, 3.05) is 5.32 Å². The van der Waals surface area contributed by atoms with Crippen LogP contribution in [0, 0.1) is 13.8 Å². The molecule has 0 spiro atoms. The van der Waals surface area contributed by atoms with Crippen molar-refractivity contribution in [2.24, 2.45) is 0 Å². The van der Waals surface area contributed by atoms with Gasteiger partial charge >= 0.3 is 5.97 Å². The molecule has 0 aliphatic carbocycles. The summed E-state index contributed by atoms with van der Waals surface area (Å²) in [7, 11) is 0. The number of aromatic nitrogens is 2. The lowest BCUT2D eigenvalue weighted by Crippen LogP contribution is -2.16. The van der Waals surface area contributed by atoms with Crippen LogP contribution in [0.5, 0.6) is 0 Å². The molecule has 7 nitrogen and oxygen atoms in total. The molecule has 0 bridgehead atoms. The quantitative estimate of drug-likeness (QED) is 0.870. The zero-order valence-electron chi connectivity index (χ0n) is 10.3. The van der Waals surface area contributed by atoms with Crippen LogP contribution in [0.1, 0.15) is 32.4 Å². The second-order valence-corrected chi connectivity index (χ2v) is 3.95. The van der Waals surface area contributed by atoms with Crippen molar-refractivity contribution >= 4 is 17.6 Å². The van der Waals surface area contributed by atoms with E-state index < -0.39 is 11.9 Å². The summed E-state index contributed by atoms with van der Waals surface area (Å²) >= 11 is 0. The van der Waals surface area contributed by atoms with E-state index in [1.165, 1.54) is 12.1 Å². The number of rotatable bonds is 3. The van der Waals surface area contributed by atoms with Crippen molar-refractivity contribution < 1.29 is 19.2 Å². The monoisotopic (exact) mass is 261 g/mol. The number of anilines is 1. The van der Waals surface area contributed by atoms with Gasteiger partial charge in [-0.05, 0) is 19.1 Å². The standard InChI is InChI=1S/C12H11N3O4/c1-6-3-4-9(8(5-6)12(17)18)14-11(16)10-13-7(2)19-15-10/h3-5H,1-2H3,(H,14,16)(H,17,18). The lowest BCUT2D eigenvalue weighted by molar-refractivity contribution is 0.0698. The summed E-state index contributed by atoms with van der Waals surface area (Å²) in [5.74, 6) is -1.63. The number of aryl methyl sites for hydroxylation is 2. The van der Waals surface area contributed by atoms with Gasteiger partial charge in [-0.25, -0.2) is 4.79 Å². The largest absolute Gasteiger partial charge is 0.478 e. The molecule has 0 atom stereocenters. The van der Waals surface area contributed by atoms with E-state index in [-0.39, 0.29) is 23.0 Å². The summed E-state index contributed by atoms with van der Waals surface area (Å²) in [6.45, 7) is 3.32. The highest BCUT2D eigenvalue weighted by molar-refractivity contribution is 6.05. The zero-order valence-corrected chi connectivity index (χ0v) is 10.3. The van der Waals surface area contributed by atoms with Gasteiger partial charge in [0.25, 0.3) is 11.7 Å². The minimum atomic E-state index is -1.12. The van der Waals surface area contributed by atoms with Crippen LogP contribution in [0.4, 0.5) is 5.69 Å². The van der Waals surface area contributed by atoms with E-state index in [1.807, 2.05) is 0 Å². The fourth-order valence-corrected chi connectivity index (χ4v) is 1.51. The Kier molecular flexibility index (Phi) is 3.28.